The minimum atomic E-state index is -0.228. The third-order valence-corrected chi connectivity index (χ3v) is 5.95. The molecule has 0 saturated carbocycles. The zero-order valence-corrected chi connectivity index (χ0v) is 20.0. The van der Waals surface area contributed by atoms with Gasteiger partial charge >= 0.3 is 0 Å². The average molecular weight is 487 g/mol. The van der Waals surface area contributed by atoms with Crippen LogP contribution in [0, 0.1) is 22.7 Å². The Morgan fingerprint density at radius 2 is 1.77 bits per heavy atom. The lowest BCUT2D eigenvalue weighted by atomic mass is 9.97. The SMILES string of the molecule is C=CCOc1ccc(-c2c(C#N)c(N)nc(SCC(=O)c3ccc(OC)cc3OC)c2C#N)cc1. The number of methoxy groups -OCH3 is 2. The van der Waals surface area contributed by atoms with E-state index < -0.39 is 0 Å². The van der Waals surface area contributed by atoms with Gasteiger partial charge < -0.3 is 19.9 Å². The molecule has 35 heavy (non-hydrogen) atoms. The lowest BCUT2D eigenvalue weighted by molar-refractivity contribution is 0.101. The van der Waals surface area contributed by atoms with E-state index in [9.17, 15) is 15.3 Å². The van der Waals surface area contributed by atoms with E-state index in [1.807, 2.05) is 6.07 Å². The first kappa shape index (κ1) is 25.2. The van der Waals surface area contributed by atoms with Crippen LogP contribution in [0.5, 0.6) is 17.2 Å². The Bertz CT molecular complexity index is 1340. The van der Waals surface area contributed by atoms with E-state index in [0.29, 0.717) is 40.5 Å². The number of carbonyl (C=O) groups excluding carboxylic acids is 1. The quantitative estimate of drug-likeness (QED) is 0.247. The molecule has 0 bridgehead atoms. The number of thioether (sulfide) groups is 1. The summed E-state index contributed by atoms with van der Waals surface area (Å²) in [6.45, 7) is 3.96. The standard InChI is InChI=1S/C26H22N4O4S/c1-4-11-34-17-7-5-16(6-8-17)24-20(13-27)25(29)30-26(21(24)14-28)35-15-22(31)19-10-9-18(32-2)12-23(19)33-3/h4-10,12H,1,11,15H2,2-3H3,(H2,29,30). The van der Waals surface area contributed by atoms with E-state index >= 15 is 0 Å². The number of rotatable bonds is 10. The molecule has 0 radical (unpaired) electrons. The van der Waals surface area contributed by atoms with Crippen molar-refractivity contribution in [1.29, 1.82) is 10.5 Å². The molecule has 3 aromatic rings. The number of Topliss-reactive ketones (excluding diaryl/α,β-unsaturated/α-hetero) is 1. The fourth-order valence-corrected chi connectivity index (χ4v) is 4.18. The average Bonchev–Trinajstić information content (AvgIpc) is 2.89. The van der Waals surface area contributed by atoms with Gasteiger partial charge in [0.15, 0.2) is 5.78 Å². The van der Waals surface area contributed by atoms with Crippen molar-refractivity contribution in [2.75, 3.05) is 32.3 Å². The van der Waals surface area contributed by atoms with Crippen LogP contribution in [-0.4, -0.2) is 37.3 Å². The molecule has 0 atom stereocenters. The van der Waals surface area contributed by atoms with Crippen LogP contribution in [0.25, 0.3) is 11.1 Å². The zero-order chi connectivity index (χ0) is 25.4. The van der Waals surface area contributed by atoms with Gasteiger partial charge in [-0.05, 0) is 29.8 Å². The maximum atomic E-state index is 12.9. The number of hydrogen-bond acceptors (Lipinski definition) is 9. The van der Waals surface area contributed by atoms with Crippen LogP contribution >= 0.6 is 11.8 Å². The highest BCUT2D eigenvalue weighted by Gasteiger charge is 2.22. The Kier molecular flexibility index (Phi) is 8.33. The first-order valence-electron chi connectivity index (χ1n) is 10.3. The number of ether oxygens (including phenoxy) is 3. The van der Waals surface area contributed by atoms with Crippen molar-refractivity contribution in [3.63, 3.8) is 0 Å². The van der Waals surface area contributed by atoms with Gasteiger partial charge in [0.05, 0.1) is 31.1 Å². The molecule has 1 heterocycles. The van der Waals surface area contributed by atoms with Gasteiger partial charge in [0.25, 0.3) is 0 Å². The van der Waals surface area contributed by atoms with Gasteiger partial charge in [-0.3, -0.25) is 4.79 Å². The van der Waals surface area contributed by atoms with Gasteiger partial charge in [-0.15, -0.1) is 0 Å². The van der Waals surface area contributed by atoms with E-state index in [-0.39, 0.29) is 33.5 Å². The molecule has 8 nitrogen and oxygen atoms in total. The van der Waals surface area contributed by atoms with E-state index in [1.54, 1.807) is 48.5 Å². The number of ketones is 1. The van der Waals surface area contributed by atoms with Gasteiger partial charge in [0.2, 0.25) is 0 Å². The van der Waals surface area contributed by atoms with E-state index in [4.69, 9.17) is 19.9 Å². The molecule has 0 aliphatic carbocycles. The predicted molar refractivity (Wildman–Crippen MR) is 134 cm³/mol. The highest BCUT2D eigenvalue weighted by molar-refractivity contribution is 8.00. The molecule has 3 rings (SSSR count). The third kappa shape index (κ3) is 5.55. The number of carbonyl (C=O) groups is 1. The number of pyridine rings is 1. The van der Waals surface area contributed by atoms with Crippen LogP contribution in [-0.2, 0) is 0 Å². The van der Waals surface area contributed by atoms with Gasteiger partial charge in [-0.1, -0.05) is 36.5 Å². The molecule has 0 amide bonds. The first-order chi connectivity index (χ1) is 17.0. The number of nitrogens with two attached hydrogens (primary N) is 1. The highest BCUT2D eigenvalue weighted by atomic mass is 32.2. The number of benzene rings is 2. The summed E-state index contributed by atoms with van der Waals surface area (Å²) in [5, 5.41) is 19.9. The van der Waals surface area contributed by atoms with Crippen LogP contribution in [0.4, 0.5) is 5.82 Å². The monoisotopic (exact) mass is 486 g/mol. The summed E-state index contributed by atoms with van der Waals surface area (Å²) in [7, 11) is 2.99. The van der Waals surface area contributed by atoms with Crippen LogP contribution in [0.15, 0.2) is 60.1 Å². The number of nitrogen functional groups attached to an aromatic ring is 1. The normalized spacial score (nSPS) is 10.1. The highest BCUT2D eigenvalue weighted by Crippen LogP contribution is 2.37. The maximum absolute atomic E-state index is 12.9. The van der Waals surface area contributed by atoms with Crippen molar-refractivity contribution < 1.29 is 19.0 Å². The lowest BCUT2D eigenvalue weighted by Gasteiger charge is -2.14. The number of aromatic nitrogens is 1. The summed E-state index contributed by atoms with van der Waals surface area (Å²) >= 11 is 1.07. The first-order valence-corrected chi connectivity index (χ1v) is 11.3. The second-order valence-corrected chi connectivity index (χ2v) is 8.02. The summed E-state index contributed by atoms with van der Waals surface area (Å²) in [6, 6.07) is 16.0. The largest absolute Gasteiger partial charge is 0.497 e. The summed E-state index contributed by atoms with van der Waals surface area (Å²) < 4.78 is 16.0. The molecule has 9 heteroatoms. The molecule has 2 N–H and O–H groups in total. The Hall–Kier alpha value is -4.47. The minimum Gasteiger partial charge on any atom is -0.497 e. The number of nitrogens with zero attached hydrogens (tertiary/aromatic N) is 3. The molecule has 176 valence electrons. The van der Waals surface area contributed by atoms with Gasteiger partial charge in [0.1, 0.15) is 52.4 Å². The molecule has 0 unspecified atom stereocenters. The molecule has 0 saturated heterocycles. The molecule has 0 fully saturated rings. The molecular weight excluding hydrogens is 464 g/mol. The van der Waals surface area contributed by atoms with Crippen molar-refractivity contribution in [2.24, 2.45) is 0 Å². The number of anilines is 1. The summed E-state index contributed by atoms with van der Waals surface area (Å²) in [5.41, 5.74) is 7.65. The van der Waals surface area contributed by atoms with Gasteiger partial charge in [0, 0.05) is 11.6 Å². The predicted octanol–water partition coefficient (Wildman–Crippen LogP) is 4.63. The zero-order valence-electron chi connectivity index (χ0n) is 19.2. The Labute approximate surface area is 207 Å². The number of nitriles is 2. The summed E-state index contributed by atoms with van der Waals surface area (Å²) in [5.74, 6) is 1.27. The fourth-order valence-electron chi connectivity index (χ4n) is 3.30. The molecule has 0 aliphatic heterocycles. The second-order valence-electron chi connectivity index (χ2n) is 7.05. The molecule has 0 aliphatic rings. The second kappa shape index (κ2) is 11.6. The summed E-state index contributed by atoms with van der Waals surface area (Å²) in [4.78, 5) is 17.2. The van der Waals surface area contributed by atoms with Crippen molar-refractivity contribution in [3.05, 3.63) is 71.8 Å². The molecule has 2 aromatic carbocycles. The minimum absolute atomic E-state index is 0.0227. The topological polar surface area (TPSA) is 131 Å². The van der Waals surface area contributed by atoms with Crippen molar-refractivity contribution in [2.45, 2.75) is 5.03 Å². The summed E-state index contributed by atoms with van der Waals surface area (Å²) in [6.07, 6.45) is 1.63. The van der Waals surface area contributed by atoms with Crippen LogP contribution < -0.4 is 19.9 Å². The van der Waals surface area contributed by atoms with Crippen molar-refractivity contribution >= 4 is 23.4 Å². The molecule has 1 aromatic heterocycles. The number of hydrogen-bond donors (Lipinski definition) is 1. The van der Waals surface area contributed by atoms with Gasteiger partial charge in [-0.2, -0.15) is 10.5 Å². The smallest absolute Gasteiger partial charge is 0.176 e. The van der Waals surface area contributed by atoms with Crippen LogP contribution in [0.1, 0.15) is 21.5 Å². The third-order valence-electron chi connectivity index (χ3n) is 4.98. The Morgan fingerprint density at radius 1 is 1.09 bits per heavy atom. The fraction of sp³-hybridized carbons (Fsp3) is 0.154. The van der Waals surface area contributed by atoms with Crippen molar-refractivity contribution in [3.8, 4) is 40.5 Å². The maximum Gasteiger partial charge on any atom is 0.176 e. The Morgan fingerprint density at radius 3 is 2.37 bits per heavy atom. The van der Waals surface area contributed by atoms with E-state index in [1.165, 1.54) is 14.2 Å². The van der Waals surface area contributed by atoms with Crippen LogP contribution in [0.3, 0.4) is 0 Å². The Balaban J connectivity index is 1.96. The molecular formula is C26H22N4O4S. The lowest BCUT2D eigenvalue weighted by Crippen LogP contribution is -2.08. The van der Waals surface area contributed by atoms with E-state index in [2.05, 4.69) is 17.6 Å². The van der Waals surface area contributed by atoms with Crippen molar-refractivity contribution in [1.82, 2.24) is 4.98 Å². The van der Waals surface area contributed by atoms with Crippen LogP contribution in [0.2, 0.25) is 0 Å². The molecule has 0 spiro atoms. The van der Waals surface area contributed by atoms with Gasteiger partial charge in [-0.25, -0.2) is 4.98 Å². The van der Waals surface area contributed by atoms with E-state index in [0.717, 1.165) is 11.8 Å².